The minimum Gasteiger partial charge on any atom is -0.478 e. The van der Waals surface area contributed by atoms with Crippen LogP contribution in [0.2, 0.25) is 0 Å². The quantitative estimate of drug-likeness (QED) is 0.945. The molecular weight excluding hydrogens is 292 g/mol. The van der Waals surface area contributed by atoms with E-state index in [-0.39, 0.29) is 17.5 Å². The largest absolute Gasteiger partial charge is 0.478 e. The number of carboxylic acid groups (broad SMARTS) is 1. The molecule has 0 saturated carbocycles. The van der Waals surface area contributed by atoms with Crippen molar-refractivity contribution in [2.45, 2.75) is 25.8 Å². The number of pyridine rings is 1. The third-order valence-corrected chi connectivity index (χ3v) is 4.23. The van der Waals surface area contributed by atoms with E-state index < -0.39 is 5.97 Å². The highest BCUT2D eigenvalue weighted by molar-refractivity contribution is 5.89. The standard InChI is InChI=1S/C18H18N2O3/c1-12(21)20-9-3-6-17(20)14-7-8-19-16(11-14)13-4-2-5-15(10-13)18(22)23/h2,4-5,7-8,10-11,17H,3,6,9H2,1H3,(H,22,23). The fourth-order valence-electron chi connectivity index (χ4n) is 3.11. The molecule has 1 unspecified atom stereocenters. The molecule has 1 atom stereocenters. The number of hydrogen-bond donors (Lipinski definition) is 1. The van der Waals surface area contributed by atoms with Gasteiger partial charge in [0.15, 0.2) is 0 Å². The maximum absolute atomic E-state index is 11.7. The van der Waals surface area contributed by atoms with Crippen molar-refractivity contribution in [1.29, 1.82) is 0 Å². The van der Waals surface area contributed by atoms with Crippen molar-refractivity contribution < 1.29 is 14.7 Å². The monoisotopic (exact) mass is 310 g/mol. The highest BCUT2D eigenvalue weighted by atomic mass is 16.4. The number of amides is 1. The van der Waals surface area contributed by atoms with Gasteiger partial charge in [0.25, 0.3) is 0 Å². The summed E-state index contributed by atoms with van der Waals surface area (Å²) in [6.07, 6.45) is 3.66. The van der Waals surface area contributed by atoms with Crippen LogP contribution in [0.25, 0.3) is 11.3 Å². The lowest BCUT2D eigenvalue weighted by Crippen LogP contribution is -2.28. The molecule has 0 bridgehead atoms. The molecule has 5 heteroatoms. The summed E-state index contributed by atoms with van der Waals surface area (Å²) in [4.78, 5) is 29.1. The molecule has 5 nitrogen and oxygen atoms in total. The number of likely N-dealkylation sites (tertiary alicyclic amines) is 1. The first kappa shape index (κ1) is 15.2. The molecule has 1 saturated heterocycles. The van der Waals surface area contributed by atoms with Gasteiger partial charge in [-0.05, 0) is 42.7 Å². The van der Waals surface area contributed by atoms with Gasteiger partial charge in [0, 0.05) is 25.2 Å². The Kier molecular flexibility index (Phi) is 4.10. The Morgan fingerprint density at radius 1 is 1.26 bits per heavy atom. The van der Waals surface area contributed by atoms with Crippen LogP contribution < -0.4 is 0 Å². The Hall–Kier alpha value is -2.69. The van der Waals surface area contributed by atoms with Gasteiger partial charge >= 0.3 is 5.97 Å². The number of benzene rings is 1. The smallest absolute Gasteiger partial charge is 0.335 e. The molecule has 1 aliphatic rings. The predicted octanol–water partition coefficient (Wildman–Crippen LogP) is 3.13. The van der Waals surface area contributed by atoms with Crippen molar-refractivity contribution in [1.82, 2.24) is 9.88 Å². The molecular formula is C18H18N2O3. The van der Waals surface area contributed by atoms with Crippen LogP contribution in [-0.2, 0) is 4.79 Å². The van der Waals surface area contributed by atoms with Crippen LogP contribution in [0, 0.1) is 0 Å². The van der Waals surface area contributed by atoms with E-state index in [2.05, 4.69) is 4.98 Å². The summed E-state index contributed by atoms with van der Waals surface area (Å²) < 4.78 is 0. The van der Waals surface area contributed by atoms with Gasteiger partial charge in [-0.1, -0.05) is 12.1 Å². The van der Waals surface area contributed by atoms with Gasteiger partial charge in [0.1, 0.15) is 0 Å². The van der Waals surface area contributed by atoms with Crippen LogP contribution in [-0.4, -0.2) is 33.4 Å². The number of nitrogens with zero attached hydrogens (tertiary/aromatic N) is 2. The topological polar surface area (TPSA) is 70.5 Å². The first-order chi connectivity index (χ1) is 11.1. The number of carbonyl (C=O) groups excluding carboxylic acids is 1. The molecule has 2 heterocycles. The van der Waals surface area contributed by atoms with Gasteiger partial charge in [-0.25, -0.2) is 4.79 Å². The van der Waals surface area contributed by atoms with Gasteiger partial charge in [0.05, 0.1) is 17.3 Å². The van der Waals surface area contributed by atoms with Crippen molar-refractivity contribution >= 4 is 11.9 Å². The maximum Gasteiger partial charge on any atom is 0.335 e. The SMILES string of the molecule is CC(=O)N1CCCC1c1ccnc(-c2cccc(C(=O)O)c2)c1. The molecule has 0 aliphatic carbocycles. The molecule has 1 aromatic heterocycles. The number of hydrogen-bond acceptors (Lipinski definition) is 3. The van der Waals surface area contributed by atoms with Gasteiger partial charge in [-0.3, -0.25) is 9.78 Å². The minimum absolute atomic E-state index is 0.0805. The number of carbonyl (C=O) groups is 2. The van der Waals surface area contributed by atoms with Crippen LogP contribution in [0.15, 0.2) is 42.6 Å². The minimum atomic E-state index is -0.957. The first-order valence-corrected chi connectivity index (χ1v) is 7.63. The lowest BCUT2D eigenvalue weighted by molar-refractivity contribution is -0.129. The third kappa shape index (κ3) is 3.08. The number of rotatable bonds is 3. The fraction of sp³-hybridized carbons (Fsp3) is 0.278. The van der Waals surface area contributed by atoms with E-state index in [0.717, 1.165) is 36.2 Å². The Labute approximate surface area is 134 Å². The zero-order valence-corrected chi connectivity index (χ0v) is 12.9. The molecule has 0 radical (unpaired) electrons. The molecule has 2 aromatic rings. The molecule has 1 N–H and O–H groups in total. The molecule has 1 aliphatic heterocycles. The second-order valence-electron chi connectivity index (χ2n) is 5.73. The zero-order valence-electron chi connectivity index (χ0n) is 12.9. The fourth-order valence-corrected chi connectivity index (χ4v) is 3.11. The predicted molar refractivity (Wildman–Crippen MR) is 86.0 cm³/mol. The van der Waals surface area contributed by atoms with E-state index in [4.69, 9.17) is 5.11 Å². The Balaban J connectivity index is 1.95. The normalized spacial score (nSPS) is 17.3. The summed E-state index contributed by atoms with van der Waals surface area (Å²) >= 11 is 0. The van der Waals surface area contributed by atoms with Crippen molar-refractivity contribution in [3.8, 4) is 11.3 Å². The summed E-state index contributed by atoms with van der Waals surface area (Å²) in [5, 5.41) is 9.11. The Bertz CT molecular complexity index is 757. The van der Waals surface area contributed by atoms with E-state index in [0.29, 0.717) is 0 Å². The average molecular weight is 310 g/mol. The molecule has 1 amide bonds. The van der Waals surface area contributed by atoms with Crippen molar-refractivity contribution in [2.24, 2.45) is 0 Å². The summed E-state index contributed by atoms with van der Waals surface area (Å²) in [6.45, 7) is 2.38. The zero-order chi connectivity index (χ0) is 16.4. The highest BCUT2D eigenvalue weighted by Crippen LogP contribution is 2.33. The molecule has 0 spiro atoms. The summed E-state index contributed by atoms with van der Waals surface area (Å²) in [7, 11) is 0. The van der Waals surface area contributed by atoms with E-state index >= 15 is 0 Å². The molecule has 1 fully saturated rings. The van der Waals surface area contributed by atoms with Crippen molar-refractivity contribution in [2.75, 3.05) is 6.54 Å². The van der Waals surface area contributed by atoms with Crippen LogP contribution in [0.1, 0.15) is 41.7 Å². The Morgan fingerprint density at radius 2 is 2.09 bits per heavy atom. The summed E-state index contributed by atoms with van der Waals surface area (Å²) in [5.41, 5.74) is 2.77. The lowest BCUT2D eigenvalue weighted by Gasteiger charge is -2.23. The van der Waals surface area contributed by atoms with Crippen LogP contribution in [0.4, 0.5) is 0 Å². The van der Waals surface area contributed by atoms with Crippen LogP contribution in [0.5, 0.6) is 0 Å². The molecule has 3 rings (SSSR count). The first-order valence-electron chi connectivity index (χ1n) is 7.63. The van der Waals surface area contributed by atoms with E-state index in [9.17, 15) is 9.59 Å². The van der Waals surface area contributed by atoms with Crippen molar-refractivity contribution in [3.63, 3.8) is 0 Å². The number of aromatic nitrogens is 1. The highest BCUT2D eigenvalue weighted by Gasteiger charge is 2.28. The van der Waals surface area contributed by atoms with Gasteiger partial charge in [-0.15, -0.1) is 0 Å². The Morgan fingerprint density at radius 3 is 2.83 bits per heavy atom. The van der Waals surface area contributed by atoms with Crippen LogP contribution >= 0.6 is 0 Å². The third-order valence-electron chi connectivity index (χ3n) is 4.23. The van der Waals surface area contributed by atoms with Gasteiger partial charge in [-0.2, -0.15) is 0 Å². The second-order valence-corrected chi connectivity index (χ2v) is 5.73. The second kappa shape index (κ2) is 6.20. The van der Waals surface area contributed by atoms with E-state index in [1.54, 1.807) is 31.3 Å². The van der Waals surface area contributed by atoms with Gasteiger partial charge < -0.3 is 10.0 Å². The van der Waals surface area contributed by atoms with E-state index in [1.807, 2.05) is 23.1 Å². The average Bonchev–Trinajstić information content (AvgIpc) is 3.05. The number of carboxylic acids is 1. The number of aromatic carboxylic acids is 1. The summed E-state index contributed by atoms with van der Waals surface area (Å²) in [6, 6.07) is 10.7. The lowest BCUT2D eigenvalue weighted by atomic mass is 10.0. The van der Waals surface area contributed by atoms with E-state index in [1.165, 1.54) is 0 Å². The van der Waals surface area contributed by atoms with Crippen LogP contribution in [0.3, 0.4) is 0 Å². The van der Waals surface area contributed by atoms with Gasteiger partial charge in [0.2, 0.25) is 5.91 Å². The summed E-state index contributed by atoms with van der Waals surface area (Å²) in [5.74, 6) is -0.875. The maximum atomic E-state index is 11.7. The molecule has 23 heavy (non-hydrogen) atoms. The molecule has 1 aromatic carbocycles. The van der Waals surface area contributed by atoms with Crippen molar-refractivity contribution in [3.05, 3.63) is 53.7 Å². The molecule has 118 valence electrons.